The summed E-state index contributed by atoms with van der Waals surface area (Å²) in [5, 5.41) is 2.46. The zero-order valence-corrected chi connectivity index (χ0v) is 20.6. The number of hydrogen-bond donors (Lipinski definition) is 2. The number of anilines is 1. The molecule has 0 aliphatic heterocycles. The normalized spacial score (nSPS) is 12.4. The molecule has 0 aromatic heterocycles. The lowest BCUT2D eigenvalue weighted by Crippen LogP contribution is -2.45. The molecule has 3 aromatic rings. The zero-order chi connectivity index (χ0) is 24.9. The summed E-state index contributed by atoms with van der Waals surface area (Å²) in [5.74, 6) is -0.986. The Bertz CT molecular complexity index is 1270. The molecule has 0 radical (unpaired) electrons. The molecule has 0 aliphatic rings. The average molecular weight is 505 g/mol. The molecule has 1 amide bonds. The van der Waals surface area contributed by atoms with E-state index in [1.807, 2.05) is 19.9 Å². The molecule has 34 heavy (non-hydrogen) atoms. The number of sulfonamides is 1. The monoisotopic (exact) mass is 504 g/mol. The fraction of sp³-hybridized carbons (Fsp3) is 0.240. The highest BCUT2D eigenvalue weighted by molar-refractivity contribution is 7.89. The third kappa shape index (κ3) is 6.34. The van der Waals surface area contributed by atoms with Crippen molar-refractivity contribution in [2.24, 2.45) is 0 Å². The van der Waals surface area contributed by atoms with Gasteiger partial charge >= 0.3 is 0 Å². The van der Waals surface area contributed by atoms with E-state index < -0.39 is 27.8 Å². The van der Waals surface area contributed by atoms with Gasteiger partial charge < -0.3 is 10.1 Å². The van der Waals surface area contributed by atoms with Gasteiger partial charge in [0.2, 0.25) is 15.9 Å². The Labute approximate surface area is 204 Å². The van der Waals surface area contributed by atoms with E-state index in [1.54, 1.807) is 42.5 Å². The van der Waals surface area contributed by atoms with E-state index in [9.17, 15) is 17.6 Å². The van der Waals surface area contributed by atoms with E-state index in [1.165, 1.54) is 19.2 Å². The fourth-order valence-corrected chi connectivity index (χ4v) is 4.93. The van der Waals surface area contributed by atoms with Crippen LogP contribution >= 0.6 is 11.6 Å². The van der Waals surface area contributed by atoms with E-state index in [-0.39, 0.29) is 33.7 Å². The van der Waals surface area contributed by atoms with Crippen molar-refractivity contribution in [1.29, 1.82) is 0 Å². The van der Waals surface area contributed by atoms with Crippen LogP contribution in [0.25, 0.3) is 0 Å². The second-order valence-corrected chi connectivity index (χ2v) is 10.1. The van der Waals surface area contributed by atoms with E-state index in [0.717, 1.165) is 17.2 Å². The van der Waals surface area contributed by atoms with Crippen LogP contribution in [0.4, 0.5) is 10.1 Å². The van der Waals surface area contributed by atoms with E-state index >= 15 is 0 Å². The minimum atomic E-state index is -4.15. The van der Waals surface area contributed by atoms with E-state index in [0.29, 0.717) is 0 Å². The number of methoxy groups -OCH3 is 1. The molecular formula is C25H26ClFN2O4S. The molecule has 3 aromatic carbocycles. The molecule has 2 N–H and O–H groups in total. The molecular weight excluding hydrogens is 479 g/mol. The standard InChI is InChI=1S/C25H26ClFN2O4S/c1-16(2)18-9-12-23(33-3)24(14-18)34(31,32)29-22(13-17-7-5-4-6-8-17)25(30)28-19-10-11-21(27)20(26)15-19/h4-12,14-16,22,29H,13H2,1-3H3,(H,28,30). The molecule has 0 spiro atoms. The van der Waals surface area contributed by atoms with Crippen LogP contribution in [-0.2, 0) is 21.2 Å². The Hall–Kier alpha value is -2.94. The van der Waals surface area contributed by atoms with Crippen LogP contribution in [0, 0.1) is 5.82 Å². The molecule has 1 unspecified atom stereocenters. The summed E-state index contributed by atoms with van der Waals surface area (Å²) in [6.07, 6.45) is 0.0903. The Morgan fingerprint density at radius 1 is 1.06 bits per heavy atom. The average Bonchev–Trinajstić information content (AvgIpc) is 2.81. The minimum Gasteiger partial charge on any atom is -0.495 e. The van der Waals surface area contributed by atoms with Gasteiger partial charge in [-0.25, -0.2) is 12.8 Å². The first-order valence-corrected chi connectivity index (χ1v) is 12.5. The molecule has 0 bridgehead atoms. The molecule has 180 valence electrons. The smallest absolute Gasteiger partial charge is 0.245 e. The summed E-state index contributed by atoms with van der Waals surface area (Å²) >= 11 is 5.82. The van der Waals surface area contributed by atoms with Crippen molar-refractivity contribution in [3.63, 3.8) is 0 Å². The number of carbonyl (C=O) groups excluding carboxylic acids is 1. The van der Waals surface area contributed by atoms with Crippen molar-refractivity contribution in [3.05, 3.63) is 88.7 Å². The lowest BCUT2D eigenvalue weighted by atomic mass is 10.0. The molecule has 0 fully saturated rings. The second-order valence-electron chi connectivity index (χ2n) is 8.05. The maximum absolute atomic E-state index is 13.5. The molecule has 0 heterocycles. The van der Waals surface area contributed by atoms with Gasteiger partial charge in [0.15, 0.2) is 0 Å². The van der Waals surface area contributed by atoms with E-state index in [4.69, 9.17) is 16.3 Å². The number of amides is 1. The van der Waals surface area contributed by atoms with Crippen molar-refractivity contribution in [2.45, 2.75) is 37.1 Å². The highest BCUT2D eigenvalue weighted by atomic mass is 35.5. The van der Waals surface area contributed by atoms with Crippen LogP contribution in [0.15, 0.2) is 71.6 Å². The predicted octanol–water partition coefficient (Wildman–Crippen LogP) is 5.14. The first kappa shape index (κ1) is 25.7. The number of ether oxygens (including phenoxy) is 1. The highest BCUT2D eigenvalue weighted by Crippen LogP contribution is 2.28. The number of benzene rings is 3. The third-order valence-electron chi connectivity index (χ3n) is 5.23. The van der Waals surface area contributed by atoms with Gasteiger partial charge in [-0.3, -0.25) is 4.79 Å². The van der Waals surface area contributed by atoms with Gasteiger partial charge in [0, 0.05) is 5.69 Å². The van der Waals surface area contributed by atoms with Crippen LogP contribution < -0.4 is 14.8 Å². The minimum absolute atomic E-state index is 0.0584. The van der Waals surface area contributed by atoms with Gasteiger partial charge in [-0.15, -0.1) is 0 Å². The fourth-order valence-electron chi connectivity index (χ4n) is 3.35. The number of rotatable bonds is 9. The van der Waals surface area contributed by atoms with E-state index in [2.05, 4.69) is 10.0 Å². The van der Waals surface area contributed by atoms with Gasteiger partial charge in [0.25, 0.3) is 0 Å². The Morgan fingerprint density at radius 2 is 1.76 bits per heavy atom. The number of hydrogen-bond acceptors (Lipinski definition) is 4. The summed E-state index contributed by atoms with van der Waals surface area (Å²) < 4.78 is 48.1. The summed E-state index contributed by atoms with van der Waals surface area (Å²) in [7, 11) is -2.77. The maximum Gasteiger partial charge on any atom is 0.245 e. The van der Waals surface area contributed by atoms with Crippen molar-refractivity contribution in [2.75, 3.05) is 12.4 Å². The van der Waals surface area contributed by atoms with Crippen molar-refractivity contribution in [3.8, 4) is 5.75 Å². The lowest BCUT2D eigenvalue weighted by molar-refractivity contribution is -0.117. The highest BCUT2D eigenvalue weighted by Gasteiger charge is 2.29. The van der Waals surface area contributed by atoms with Crippen LogP contribution in [0.3, 0.4) is 0 Å². The van der Waals surface area contributed by atoms with Crippen molar-refractivity contribution >= 4 is 33.2 Å². The molecule has 1 atom stereocenters. The first-order chi connectivity index (χ1) is 16.1. The van der Waals surface area contributed by atoms with Crippen LogP contribution in [-0.4, -0.2) is 27.5 Å². The predicted molar refractivity (Wildman–Crippen MR) is 131 cm³/mol. The Balaban J connectivity index is 1.95. The van der Waals surface area contributed by atoms with Gasteiger partial charge in [0.1, 0.15) is 22.5 Å². The van der Waals surface area contributed by atoms with Gasteiger partial charge in [0.05, 0.1) is 12.1 Å². The van der Waals surface area contributed by atoms with Crippen molar-refractivity contribution < 1.29 is 22.3 Å². The van der Waals surface area contributed by atoms with Gasteiger partial charge in [-0.1, -0.05) is 61.8 Å². The number of nitrogens with one attached hydrogen (secondary N) is 2. The molecule has 6 nitrogen and oxygen atoms in total. The molecule has 9 heteroatoms. The molecule has 0 saturated heterocycles. The van der Waals surface area contributed by atoms with Gasteiger partial charge in [-0.05, 0) is 53.8 Å². The molecule has 3 rings (SSSR count). The Kier molecular flexibility index (Phi) is 8.30. The van der Waals surface area contributed by atoms with Crippen LogP contribution in [0.5, 0.6) is 5.75 Å². The largest absolute Gasteiger partial charge is 0.495 e. The quantitative estimate of drug-likeness (QED) is 0.422. The Morgan fingerprint density at radius 3 is 2.38 bits per heavy atom. The molecule has 0 aliphatic carbocycles. The summed E-state index contributed by atoms with van der Waals surface area (Å²) in [5.41, 5.74) is 1.81. The van der Waals surface area contributed by atoms with Crippen LogP contribution in [0.1, 0.15) is 30.9 Å². The SMILES string of the molecule is COc1ccc(C(C)C)cc1S(=O)(=O)NC(Cc1ccccc1)C(=O)Nc1ccc(F)c(Cl)c1. The third-order valence-corrected chi connectivity index (χ3v) is 7.01. The van der Waals surface area contributed by atoms with Crippen molar-refractivity contribution in [1.82, 2.24) is 4.72 Å². The number of halogens is 2. The topological polar surface area (TPSA) is 84.5 Å². The summed E-state index contributed by atoms with van der Waals surface area (Å²) in [6.45, 7) is 3.90. The summed E-state index contributed by atoms with van der Waals surface area (Å²) in [4.78, 5) is 13.1. The number of carbonyl (C=O) groups is 1. The second kappa shape index (κ2) is 11.0. The maximum atomic E-state index is 13.5. The zero-order valence-electron chi connectivity index (χ0n) is 19.0. The first-order valence-electron chi connectivity index (χ1n) is 10.6. The lowest BCUT2D eigenvalue weighted by Gasteiger charge is -2.20. The van der Waals surface area contributed by atoms with Crippen LogP contribution in [0.2, 0.25) is 5.02 Å². The molecule has 0 saturated carbocycles. The van der Waals surface area contributed by atoms with Gasteiger partial charge in [-0.2, -0.15) is 4.72 Å². The summed E-state index contributed by atoms with van der Waals surface area (Å²) in [6, 6.07) is 16.5.